The number of rotatable bonds is 13. The zero-order chi connectivity index (χ0) is 37.1. The molecule has 1 saturated heterocycles. The molecule has 13 heteroatoms. The van der Waals surface area contributed by atoms with E-state index in [0.717, 1.165) is 39.2 Å². The lowest BCUT2D eigenvalue weighted by Gasteiger charge is -2.48. The lowest BCUT2D eigenvalue weighted by molar-refractivity contribution is -0.294. The molecule has 6 atom stereocenters. The fourth-order valence-corrected chi connectivity index (χ4v) is 6.39. The maximum Gasteiger partial charge on any atom is 0.379 e. The Morgan fingerprint density at radius 2 is 1.35 bits per heavy atom. The molecular formula is C39H43NO12. The lowest BCUT2D eigenvalue weighted by atomic mass is 9.87. The largest absolute Gasteiger partial charge is 0.464 e. The molecule has 3 aromatic rings. The minimum absolute atomic E-state index is 0.0562. The SMILES string of the molecule is COC(=O)[C@]1(OC(=O)c2ccccc2)C[C@@H](OC(=O)c2ccccc2)[C@@H](NC(C)=O)C([C@H](OC(=O)c2ccccc2)[C@H](O)COC2CCCCC2)O1. The number of esters is 4. The van der Waals surface area contributed by atoms with E-state index in [1.54, 1.807) is 54.6 Å². The summed E-state index contributed by atoms with van der Waals surface area (Å²) in [5, 5.41) is 14.5. The predicted molar refractivity (Wildman–Crippen MR) is 184 cm³/mol. The zero-order valence-electron chi connectivity index (χ0n) is 29.0. The minimum Gasteiger partial charge on any atom is -0.464 e. The highest BCUT2D eigenvalue weighted by atomic mass is 16.8. The third kappa shape index (κ3) is 9.60. The van der Waals surface area contributed by atoms with Crippen molar-refractivity contribution in [2.45, 2.75) is 87.8 Å². The first-order valence-electron chi connectivity index (χ1n) is 17.2. The summed E-state index contributed by atoms with van der Waals surface area (Å²) in [6, 6.07) is 22.3. The van der Waals surface area contributed by atoms with E-state index in [9.17, 15) is 29.1 Å². The van der Waals surface area contributed by atoms with Crippen LogP contribution < -0.4 is 5.32 Å². The van der Waals surface area contributed by atoms with Crippen molar-refractivity contribution in [1.82, 2.24) is 5.32 Å². The van der Waals surface area contributed by atoms with Crippen LogP contribution in [0.15, 0.2) is 91.0 Å². The molecule has 276 valence electrons. The molecule has 2 fully saturated rings. The number of hydrogen-bond donors (Lipinski definition) is 2. The summed E-state index contributed by atoms with van der Waals surface area (Å²) in [6.45, 7) is 0.881. The summed E-state index contributed by atoms with van der Waals surface area (Å²) in [6.07, 6.45) is -2.76. The Labute approximate surface area is 301 Å². The zero-order valence-corrected chi connectivity index (χ0v) is 29.0. The second-order valence-electron chi connectivity index (χ2n) is 12.7. The van der Waals surface area contributed by atoms with Gasteiger partial charge in [0.1, 0.15) is 18.3 Å². The molecule has 1 aliphatic heterocycles. The molecule has 5 rings (SSSR count). The number of carbonyl (C=O) groups excluding carboxylic acids is 5. The van der Waals surface area contributed by atoms with E-state index in [0.29, 0.717) is 0 Å². The topological polar surface area (TPSA) is 173 Å². The molecule has 0 spiro atoms. The molecule has 0 radical (unpaired) electrons. The van der Waals surface area contributed by atoms with Crippen LogP contribution in [0.1, 0.15) is 76.5 Å². The van der Waals surface area contributed by atoms with Crippen LogP contribution in [-0.4, -0.2) is 91.0 Å². The molecule has 2 N–H and O–H groups in total. The quantitative estimate of drug-likeness (QED) is 0.191. The number of carbonyl (C=O) groups is 5. The van der Waals surface area contributed by atoms with Gasteiger partial charge in [-0.05, 0) is 49.2 Å². The molecular weight excluding hydrogens is 674 g/mol. The average Bonchev–Trinajstić information content (AvgIpc) is 3.17. The van der Waals surface area contributed by atoms with Crippen molar-refractivity contribution in [3.8, 4) is 0 Å². The van der Waals surface area contributed by atoms with Gasteiger partial charge in [0.05, 0.1) is 49.0 Å². The van der Waals surface area contributed by atoms with Gasteiger partial charge in [0, 0.05) is 6.92 Å². The highest BCUT2D eigenvalue weighted by Crippen LogP contribution is 2.38. The normalized spacial score (nSPS) is 22.9. The first-order valence-corrected chi connectivity index (χ1v) is 17.2. The van der Waals surface area contributed by atoms with Gasteiger partial charge < -0.3 is 38.8 Å². The Morgan fingerprint density at radius 3 is 1.88 bits per heavy atom. The summed E-state index contributed by atoms with van der Waals surface area (Å²) in [7, 11) is 1.05. The second kappa shape index (κ2) is 17.9. The van der Waals surface area contributed by atoms with Crippen molar-refractivity contribution in [3.05, 3.63) is 108 Å². The van der Waals surface area contributed by atoms with Gasteiger partial charge in [0.15, 0.2) is 6.10 Å². The summed E-state index contributed by atoms with van der Waals surface area (Å²) >= 11 is 0. The van der Waals surface area contributed by atoms with Crippen molar-refractivity contribution in [1.29, 1.82) is 0 Å². The van der Waals surface area contributed by atoms with E-state index in [2.05, 4.69) is 5.32 Å². The van der Waals surface area contributed by atoms with Gasteiger partial charge in [-0.1, -0.05) is 73.9 Å². The maximum atomic E-state index is 13.8. The van der Waals surface area contributed by atoms with Gasteiger partial charge in [-0.2, -0.15) is 0 Å². The minimum atomic E-state index is -2.62. The van der Waals surface area contributed by atoms with E-state index in [1.165, 1.54) is 43.3 Å². The molecule has 1 heterocycles. The molecule has 0 bridgehead atoms. The van der Waals surface area contributed by atoms with Crippen LogP contribution in [0.25, 0.3) is 0 Å². The smallest absolute Gasteiger partial charge is 0.379 e. The molecule has 1 amide bonds. The Bertz CT molecular complexity index is 1660. The van der Waals surface area contributed by atoms with Gasteiger partial charge in [-0.25, -0.2) is 19.2 Å². The molecule has 13 nitrogen and oxygen atoms in total. The lowest BCUT2D eigenvalue weighted by Crippen LogP contribution is -2.69. The van der Waals surface area contributed by atoms with Crippen LogP contribution in [0.3, 0.4) is 0 Å². The van der Waals surface area contributed by atoms with E-state index >= 15 is 0 Å². The molecule has 3 aromatic carbocycles. The van der Waals surface area contributed by atoms with Crippen LogP contribution >= 0.6 is 0 Å². The molecule has 1 aliphatic carbocycles. The standard InChI is InChI=1S/C39H43NO12/c1-25(41)40-32-31(49-35(43)26-15-7-3-8-16-26)23-39(38(46)47-2,52-37(45)28-19-11-5-12-20-28)51-34(32)33(50-36(44)27-17-9-4-10-18-27)30(42)24-48-29-21-13-6-14-22-29/h3-5,7-12,15-20,29-34,42H,6,13-14,21-24H2,1-2H3,(H,40,41)/t30-,31-,32-,33-,34?,39-/m1/s1. The number of aliphatic hydroxyl groups excluding tert-OH is 1. The van der Waals surface area contributed by atoms with Crippen molar-refractivity contribution < 1.29 is 57.5 Å². The van der Waals surface area contributed by atoms with Crippen LogP contribution in [-0.2, 0) is 38.0 Å². The molecule has 2 aliphatic rings. The summed E-state index contributed by atoms with van der Waals surface area (Å²) < 4.78 is 35.2. The number of nitrogens with one attached hydrogen (secondary N) is 1. The third-order valence-electron chi connectivity index (χ3n) is 8.96. The van der Waals surface area contributed by atoms with E-state index < -0.39 is 72.5 Å². The maximum absolute atomic E-state index is 13.8. The van der Waals surface area contributed by atoms with Crippen LogP contribution in [0, 0.1) is 0 Å². The van der Waals surface area contributed by atoms with Gasteiger partial charge in [0.25, 0.3) is 0 Å². The van der Waals surface area contributed by atoms with Gasteiger partial charge in [-0.3, -0.25) is 4.79 Å². The molecule has 52 heavy (non-hydrogen) atoms. The molecule has 1 saturated carbocycles. The highest BCUT2D eigenvalue weighted by molar-refractivity contribution is 5.93. The summed E-state index contributed by atoms with van der Waals surface area (Å²) in [5.41, 5.74) is 0.326. The van der Waals surface area contributed by atoms with Crippen molar-refractivity contribution >= 4 is 29.8 Å². The third-order valence-corrected chi connectivity index (χ3v) is 8.96. The van der Waals surface area contributed by atoms with Crippen LogP contribution in [0.5, 0.6) is 0 Å². The predicted octanol–water partition coefficient (Wildman–Crippen LogP) is 4.17. The second-order valence-corrected chi connectivity index (χ2v) is 12.7. The van der Waals surface area contributed by atoms with Crippen LogP contribution in [0.2, 0.25) is 0 Å². The van der Waals surface area contributed by atoms with Gasteiger partial charge in [0.2, 0.25) is 5.91 Å². The number of hydrogen-bond acceptors (Lipinski definition) is 12. The number of amides is 1. The summed E-state index contributed by atoms with van der Waals surface area (Å²) in [4.78, 5) is 67.2. The fraction of sp³-hybridized carbons (Fsp3) is 0.410. The molecule has 1 unspecified atom stereocenters. The average molecular weight is 718 g/mol. The van der Waals surface area contributed by atoms with Crippen molar-refractivity contribution in [3.63, 3.8) is 0 Å². The summed E-state index contributed by atoms with van der Waals surface area (Å²) in [5.74, 6) is -7.12. The van der Waals surface area contributed by atoms with Crippen molar-refractivity contribution in [2.75, 3.05) is 13.7 Å². The monoisotopic (exact) mass is 717 g/mol. The van der Waals surface area contributed by atoms with E-state index in [-0.39, 0.29) is 29.4 Å². The first kappa shape index (κ1) is 38.1. The number of aliphatic hydroxyl groups is 1. The fourth-order valence-electron chi connectivity index (χ4n) is 6.39. The number of methoxy groups -OCH3 is 1. The Balaban J connectivity index is 1.60. The Kier molecular flexibility index (Phi) is 13.1. The van der Waals surface area contributed by atoms with E-state index in [4.69, 9.17) is 28.4 Å². The van der Waals surface area contributed by atoms with Gasteiger partial charge >= 0.3 is 29.7 Å². The van der Waals surface area contributed by atoms with Crippen LogP contribution in [0.4, 0.5) is 0 Å². The Morgan fingerprint density at radius 1 is 0.808 bits per heavy atom. The van der Waals surface area contributed by atoms with E-state index in [1.807, 2.05) is 0 Å². The Hall–Kier alpha value is -5.11. The van der Waals surface area contributed by atoms with Gasteiger partial charge in [-0.15, -0.1) is 0 Å². The highest BCUT2D eigenvalue weighted by Gasteiger charge is 2.60. The first-order chi connectivity index (χ1) is 25.1. The van der Waals surface area contributed by atoms with Crippen molar-refractivity contribution in [2.24, 2.45) is 0 Å². The number of benzene rings is 3. The number of ether oxygens (including phenoxy) is 6. The molecule has 0 aromatic heterocycles.